The molecule has 0 nitrogen and oxygen atoms in total. The normalized spacial score (nSPS) is 14.1. The summed E-state index contributed by atoms with van der Waals surface area (Å²) in [4.78, 5) is 0. The summed E-state index contributed by atoms with van der Waals surface area (Å²) in [5.41, 5.74) is 2.75. The molecule has 0 atom stereocenters. The molecule has 0 aromatic heterocycles. The van der Waals surface area contributed by atoms with Gasteiger partial charge in [0.15, 0.2) is 0 Å². The van der Waals surface area contributed by atoms with Gasteiger partial charge in [-0.25, -0.2) is 0 Å². The van der Waals surface area contributed by atoms with Crippen LogP contribution in [0.2, 0.25) is 0 Å². The van der Waals surface area contributed by atoms with Crippen LogP contribution in [0.1, 0.15) is 54.0 Å². The largest absolute Gasteiger partial charge is 0.0719 e. The van der Waals surface area contributed by atoms with Gasteiger partial charge >= 0.3 is 0 Å². The van der Waals surface area contributed by atoms with Crippen molar-refractivity contribution in [2.45, 2.75) is 58.8 Å². The average Bonchev–Trinajstić information content (AvgIpc) is 2.23. The van der Waals surface area contributed by atoms with E-state index in [9.17, 15) is 0 Å². The fraction of sp³-hybridized carbons (Fsp3) is 0.529. The first-order valence-electron chi connectivity index (χ1n) is 6.65. The van der Waals surface area contributed by atoms with Crippen molar-refractivity contribution in [2.24, 2.45) is 0 Å². The predicted molar refractivity (Wildman–Crippen MR) is 86.5 cm³/mol. The zero-order chi connectivity index (χ0) is 14.0. The topological polar surface area (TPSA) is 0 Å². The lowest BCUT2D eigenvalue weighted by Gasteiger charge is -2.39. The molecule has 0 aliphatic carbocycles. The number of benzene rings is 1. The van der Waals surface area contributed by atoms with E-state index in [1.54, 1.807) is 0 Å². The molecule has 0 heterocycles. The molecule has 1 rings (SSSR count). The summed E-state index contributed by atoms with van der Waals surface area (Å²) in [7, 11) is -0.168. The van der Waals surface area contributed by atoms with Gasteiger partial charge in [-0.15, -0.1) is 0 Å². The molecule has 0 aliphatic rings. The van der Waals surface area contributed by atoms with E-state index in [2.05, 4.69) is 84.6 Å². The molecule has 0 amide bonds. The molecule has 0 fully saturated rings. The van der Waals surface area contributed by atoms with Gasteiger partial charge < -0.3 is 0 Å². The van der Waals surface area contributed by atoms with E-state index in [-0.39, 0.29) is 7.92 Å². The smallest absolute Gasteiger partial charge is 0.0140 e. The van der Waals surface area contributed by atoms with Gasteiger partial charge in [-0.3, -0.25) is 0 Å². The first-order valence-corrected chi connectivity index (χ1v) is 8.07. The van der Waals surface area contributed by atoms with Crippen molar-refractivity contribution in [3.05, 3.63) is 41.7 Å². The zero-order valence-electron chi connectivity index (χ0n) is 12.9. The Morgan fingerprint density at radius 2 is 1.33 bits per heavy atom. The van der Waals surface area contributed by atoms with E-state index in [0.29, 0.717) is 10.3 Å². The maximum absolute atomic E-state index is 2.52. The fourth-order valence-electron chi connectivity index (χ4n) is 2.36. The van der Waals surface area contributed by atoms with Gasteiger partial charge in [-0.1, -0.05) is 85.6 Å². The average molecular weight is 262 g/mol. The minimum Gasteiger partial charge on any atom is -0.0719 e. The Balaban J connectivity index is 3.11. The summed E-state index contributed by atoms with van der Waals surface area (Å²) in [6, 6.07) is 10.7. The summed E-state index contributed by atoms with van der Waals surface area (Å²) >= 11 is 0. The Kier molecular flexibility index (Phi) is 4.78. The lowest BCUT2D eigenvalue weighted by molar-refractivity contribution is 0.714. The Hall–Kier alpha value is -0.610. The molecule has 0 saturated heterocycles. The van der Waals surface area contributed by atoms with Crippen LogP contribution in [0.3, 0.4) is 0 Å². The standard InChI is InChI=1S/C17H27P/c1-14(15-11-9-8-10-12-15)13-18(16(2,3)4)17(5,6)7/h8-13H,1-7H3. The van der Waals surface area contributed by atoms with Gasteiger partial charge in [0.2, 0.25) is 0 Å². The SMILES string of the molecule is CC(=CP(C(C)(C)C)C(C)(C)C)c1ccccc1. The number of hydrogen-bond donors (Lipinski definition) is 0. The fourth-order valence-corrected chi connectivity index (χ4v) is 5.69. The second-order valence-electron chi connectivity index (χ2n) is 6.89. The van der Waals surface area contributed by atoms with Gasteiger partial charge in [-0.05, 0) is 28.4 Å². The van der Waals surface area contributed by atoms with Gasteiger partial charge in [-0.2, -0.15) is 0 Å². The van der Waals surface area contributed by atoms with Crippen LogP contribution < -0.4 is 0 Å². The molecule has 0 radical (unpaired) electrons. The summed E-state index contributed by atoms with van der Waals surface area (Å²) < 4.78 is 0. The Morgan fingerprint density at radius 1 is 0.889 bits per heavy atom. The second-order valence-corrected chi connectivity index (χ2v) is 10.6. The van der Waals surface area contributed by atoms with E-state index in [4.69, 9.17) is 0 Å². The van der Waals surface area contributed by atoms with Crippen molar-refractivity contribution >= 4 is 13.5 Å². The molecular weight excluding hydrogens is 235 g/mol. The molecule has 1 heteroatoms. The van der Waals surface area contributed by atoms with Crippen molar-refractivity contribution in [3.8, 4) is 0 Å². The molecular formula is C17H27P. The van der Waals surface area contributed by atoms with Crippen LogP contribution in [-0.4, -0.2) is 10.3 Å². The number of hydrogen-bond acceptors (Lipinski definition) is 0. The maximum Gasteiger partial charge on any atom is -0.0140 e. The van der Waals surface area contributed by atoms with Crippen molar-refractivity contribution in [1.82, 2.24) is 0 Å². The highest BCUT2D eigenvalue weighted by atomic mass is 31.1. The van der Waals surface area contributed by atoms with Crippen molar-refractivity contribution < 1.29 is 0 Å². The Labute approximate surface area is 114 Å². The molecule has 0 bridgehead atoms. The molecule has 0 saturated carbocycles. The third-order valence-corrected chi connectivity index (χ3v) is 6.53. The molecule has 0 spiro atoms. The van der Waals surface area contributed by atoms with Crippen LogP contribution in [-0.2, 0) is 0 Å². The van der Waals surface area contributed by atoms with Crippen molar-refractivity contribution in [1.29, 1.82) is 0 Å². The van der Waals surface area contributed by atoms with E-state index >= 15 is 0 Å². The first-order chi connectivity index (χ1) is 8.12. The van der Waals surface area contributed by atoms with Crippen molar-refractivity contribution in [3.63, 3.8) is 0 Å². The van der Waals surface area contributed by atoms with Crippen LogP contribution in [0.5, 0.6) is 0 Å². The summed E-state index contributed by atoms with van der Waals surface area (Å²) in [5, 5.41) is 0.702. The minimum atomic E-state index is -0.168. The van der Waals surface area contributed by atoms with E-state index < -0.39 is 0 Å². The van der Waals surface area contributed by atoms with Crippen LogP contribution in [0.15, 0.2) is 36.1 Å². The molecule has 0 N–H and O–H groups in total. The molecule has 1 aromatic carbocycles. The lowest BCUT2D eigenvalue weighted by Crippen LogP contribution is -2.23. The Morgan fingerprint density at radius 3 is 1.72 bits per heavy atom. The first kappa shape index (κ1) is 15.4. The van der Waals surface area contributed by atoms with Gasteiger partial charge in [0.25, 0.3) is 0 Å². The zero-order valence-corrected chi connectivity index (χ0v) is 13.8. The highest BCUT2D eigenvalue weighted by Gasteiger charge is 2.32. The van der Waals surface area contributed by atoms with Crippen molar-refractivity contribution in [2.75, 3.05) is 0 Å². The summed E-state index contributed by atoms with van der Waals surface area (Å²) in [6.07, 6.45) is 0. The van der Waals surface area contributed by atoms with Crippen LogP contribution in [0, 0.1) is 0 Å². The highest BCUT2D eigenvalue weighted by molar-refractivity contribution is 7.64. The number of rotatable bonds is 2. The highest BCUT2D eigenvalue weighted by Crippen LogP contribution is 2.61. The molecule has 0 aliphatic heterocycles. The molecule has 1 aromatic rings. The molecule has 100 valence electrons. The predicted octanol–water partition coefficient (Wildman–Crippen LogP) is 6.13. The van der Waals surface area contributed by atoms with Crippen LogP contribution in [0.4, 0.5) is 0 Å². The van der Waals surface area contributed by atoms with Gasteiger partial charge in [0.1, 0.15) is 0 Å². The van der Waals surface area contributed by atoms with E-state index in [1.807, 2.05) is 0 Å². The third-order valence-electron chi connectivity index (χ3n) is 3.00. The van der Waals surface area contributed by atoms with E-state index in [1.165, 1.54) is 11.1 Å². The lowest BCUT2D eigenvalue weighted by atomic mass is 10.1. The summed E-state index contributed by atoms with van der Waals surface area (Å²) in [5.74, 6) is 2.52. The molecule has 0 unspecified atom stereocenters. The van der Waals surface area contributed by atoms with E-state index in [0.717, 1.165) is 0 Å². The molecule has 18 heavy (non-hydrogen) atoms. The van der Waals surface area contributed by atoms with Crippen LogP contribution >= 0.6 is 7.92 Å². The minimum absolute atomic E-state index is 0.168. The van der Waals surface area contributed by atoms with Gasteiger partial charge in [0.05, 0.1) is 0 Å². The van der Waals surface area contributed by atoms with Gasteiger partial charge in [0, 0.05) is 0 Å². The monoisotopic (exact) mass is 262 g/mol. The second kappa shape index (κ2) is 5.57. The maximum atomic E-state index is 2.52. The quantitative estimate of drug-likeness (QED) is 0.563. The third kappa shape index (κ3) is 4.25. The summed E-state index contributed by atoms with van der Waals surface area (Å²) in [6.45, 7) is 16.4. The van der Waals surface area contributed by atoms with Crippen LogP contribution in [0.25, 0.3) is 5.57 Å². The number of allylic oxidation sites excluding steroid dienone is 1. The Bertz CT molecular complexity index is 387.